The van der Waals surface area contributed by atoms with Crippen molar-refractivity contribution in [1.29, 1.82) is 0 Å². The zero-order chi connectivity index (χ0) is 25.9. The molecule has 0 saturated carbocycles. The van der Waals surface area contributed by atoms with E-state index in [4.69, 9.17) is 44.9 Å². The summed E-state index contributed by atoms with van der Waals surface area (Å²) < 4.78 is 13.0. The Morgan fingerprint density at radius 2 is 1.81 bits per heavy atom. The molecule has 2 atom stereocenters. The van der Waals surface area contributed by atoms with E-state index in [0.29, 0.717) is 29.1 Å². The summed E-state index contributed by atoms with van der Waals surface area (Å²) in [7, 11) is 1.63. The molecule has 1 N–H and O–H groups in total. The molecule has 0 bridgehead atoms. The average molecular weight is 554 g/mol. The highest BCUT2D eigenvalue weighted by molar-refractivity contribution is 7.80. The minimum atomic E-state index is -0.204. The van der Waals surface area contributed by atoms with Gasteiger partial charge in [-0.1, -0.05) is 29.3 Å². The number of aryl methyl sites for hydroxylation is 1. The summed E-state index contributed by atoms with van der Waals surface area (Å²) >= 11 is 18.8. The van der Waals surface area contributed by atoms with Crippen LogP contribution in [-0.2, 0) is 4.74 Å². The summed E-state index contributed by atoms with van der Waals surface area (Å²) in [6, 6.07) is 21.4. The predicted octanol–water partition coefficient (Wildman–Crippen LogP) is 6.69. The Bertz CT molecular complexity index is 1410. The first-order chi connectivity index (χ1) is 18.0. The van der Waals surface area contributed by atoms with Crippen LogP contribution in [0.4, 0.5) is 5.69 Å². The molecule has 1 fully saturated rings. The van der Waals surface area contributed by atoms with Crippen molar-refractivity contribution in [1.82, 2.24) is 14.9 Å². The smallest absolute Gasteiger partial charge is 0.174 e. The third-order valence-corrected chi connectivity index (χ3v) is 7.37. The number of benzene rings is 2. The van der Waals surface area contributed by atoms with Crippen molar-refractivity contribution in [3.05, 3.63) is 106 Å². The van der Waals surface area contributed by atoms with E-state index in [-0.39, 0.29) is 12.1 Å². The number of methoxy groups -OCH3 is 1. The van der Waals surface area contributed by atoms with Crippen LogP contribution in [0.25, 0.3) is 5.69 Å². The van der Waals surface area contributed by atoms with E-state index in [0.717, 1.165) is 33.3 Å². The summed E-state index contributed by atoms with van der Waals surface area (Å²) in [5, 5.41) is 5.32. The van der Waals surface area contributed by atoms with Crippen LogP contribution >= 0.6 is 35.4 Å². The van der Waals surface area contributed by atoms with Crippen molar-refractivity contribution in [2.45, 2.75) is 19.0 Å². The highest BCUT2D eigenvalue weighted by Gasteiger charge is 2.42. The molecule has 9 heteroatoms. The molecule has 2 aromatic carbocycles. The monoisotopic (exact) mass is 552 g/mol. The number of rotatable bonds is 8. The number of pyridine rings is 1. The Morgan fingerprint density at radius 1 is 0.973 bits per heavy atom. The zero-order valence-electron chi connectivity index (χ0n) is 20.4. The summed E-state index contributed by atoms with van der Waals surface area (Å²) in [5.41, 5.74) is 4.81. The number of halogens is 2. The van der Waals surface area contributed by atoms with E-state index < -0.39 is 0 Å². The number of nitrogens with zero attached hydrogens (tertiary/aromatic N) is 3. The maximum atomic E-state index is 6.63. The van der Waals surface area contributed by atoms with Crippen LogP contribution in [0, 0.1) is 6.92 Å². The minimum Gasteiger partial charge on any atom is -0.490 e. The highest BCUT2D eigenvalue weighted by Crippen LogP contribution is 2.43. The molecule has 2 aromatic heterocycles. The van der Waals surface area contributed by atoms with Crippen molar-refractivity contribution in [2.75, 3.05) is 25.2 Å². The molecule has 190 valence electrons. The van der Waals surface area contributed by atoms with Gasteiger partial charge in [-0.3, -0.25) is 4.98 Å². The van der Waals surface area contributed by atoms with Gasteiger partial charge < -0.3 is 24.3 Å². The van der Waals surface area contributed by atoms with Gasteiger partial charge in [0.1, 0.15) is 18.4 Å². The molecule has 4 aromatic rings. The van der Waals surface area contributed by atoms with E-state index in [1.807, 2.05) is 67.7 Å². The molecule has 3 heterocycles. The Balaban J connectivity index is 1.59. The van der Waals surface area contributed by atoms with Crippen molar-refractivity contribution < 1.29 is 9.47 Å². The summed E-state index contributed by atoms with van der Waals surface area (Å²) in [4.78, 5) is 6.74. The fourth-order valence-electron chi connectivity index (χ4n) is 4.57. The highest BCUT2D eigenvalue weighted by atomic mass is 35.5. The molecular formula is C28H26Cl2N4O2S. The number of hydrogen-bond donors (Lipinski definition) is 1. The largest absolute Gasteiger partial charge is 0.490 e. The van der Waals surface area contributed by atoms with Gasteiger partial charge in [-0.2, -0.15) is 0 Å². The van der Waals surface area contributed by atoms with Crippen LogP contribution in [-0.4, -0.2) is 35.0 Å². The number of anilines is 1. The molecule has 1 aliphatic heterocycles. The molecule has 6 nitrogen and oxygen atoms in total. The second-order valence-corrected chi connectivity index (χ2v) is 9.89. The number of nitrogens with one attached hydrogen (secondary N) is 1. The van der Waals surface area contributed by atoms with Gasteiger partial charge in [0.05, 0.1) is 23.4 Å². The third kappa shape index (κ3) is 5.18. The summed E-state index contributed by atoms with van der Waals surface area (Å²) in [6.07, 6.45) is 3.84. The van der Waals surface area contributed by atoms with Crippen LogP contribution in [0.5, 0.6) is 5.75 Å². The molecule has 1 saturated heterocycles. The quantitative estimate of drug-likeness (QED) is 0.194. The second-order valence-electron chi connectivity index (χ2n) is 8.69. The fourth-order valence-corrected chi connectivity index (χ4v) is 5.27. The number of thiocarbonyl (C=S) groups is 1. The molecule has 0 unspecified atom stereocenters. The first-order valence-corrected chi connectivity index (χ1v) is 13.0. The second kappa shape index (κ2) is 11.1. The molecule has 0 spiro atoms. The molecule has 5 rings (SSSR count). The number of aromatic nitrogens is 2. The molecule has 37 heavy (non-hydrogen) atoms. The van der Waals surface area contributed by atoms with Gasteiger partial charge in [0.2, 0.25) is 0 Å². The van der Waals surface area contributed by atoms with Crippen molar-refractivity contribution >= 4 is 46.2 Å². The molecule has 0 radical (unpaired) electrons. The Kier molecular flexibility index (Phi) is 7.67. The molecular weight excluding hydrogens is 527 g/mol. The lowest BCUT2D eigenvalue weighted by atomic mass is 10.0. The molecule has 0 amide bonds. The lowest BCUT2D eigenvalue weighted by molar-refractivity contribution is 0.146. The van der Waals surface area contributed by atoms with Crippen LogP contribution < -0.4 is 15.0 Å². The van der Waals surface area contributed by atoms with Gasteiger partial charge >= 0.3 is 0 Å². The van der Waals surface area contributed by atoms with Crippen molar-refractivity contribution in [3.63, 3.8) is 0 Å². The number of ether oxygens (including phenoxy) is 2. The van der Waals surface area contributed by atoms with Crippen LogP contribution in [0.3, 0.4) is 0 Å². The van der Waals surface area contributed by atoms with Gasteiger partial charge in [0, 0.05) is 41.6 Å². The van der Waals surface area contributed by atoms with E-state index in [2.05, 4.69) is 31.9 Å². The maximum Gasteiger partial charge on any atom is 0.174 e. The van der Waals surface area contributed by atoms with E-state index in [1.165, 1.54) is 0 Å². The van der Waals surface area contributed by atoms with Gasteiger partial charge in [-0.15, -0.1) is 0 Å². The van der Waals surface area contributed by atoms with Crippen LogP contribution in [0.15, 0.2) is 79.1 Å². The van der Waals surface area contributed by atoms with Crippen molar-refractivity contribution in [3.8, 4) is 11.4 Å². The molecule has 1 aliphatic rings. The predicted molar refractivity (Wildman–Crippen MR) is 152 cm³/mol. The normalized spacial score (nSPS) is 17.2. The SMILES string of the molecule is COCCOc1ccc(N2C(=S)N[C@H](c3ccccn3)[C@@H]2c2cccn2-c2ccc(Cl)c(C)c2)cc1Cl. The van der Waals surface area contributed by atoms with Crippen LogP contribution in [0.2, 0.25) is 10.0 Å². The Morgan fingerprint density at radius 3 is 2.54 bits per heavy atom. The minimum absolute atomic E-state index is 0.188. The number of hydrogen-bond acceptors (Lipinski definition) is 4. The first-order valence-electron chi connectivity index (χ1n) is 11.8. The Hall–Kier alpha value is -3.10. The zero-order valence-corrected chi connectivity index (χ0v) is 22.7. The van der Waals surface area contributed by atoms with Gasteiger partial charge in [-0.25, -0.2) is 0 Å². The maximum absolute atomic E-state index is 6.63. The molecule has 0 aliphatic carbocycles. The summed E-state index contributed by atoms with van der Waals surface area (Å²) in [5.74, 6) is 0.596. The average Bonchev–Trinajstić information content (AvgIpc) is 3.51. The fraction of sp³-hybridized carbons (Fsp3) is 0.214. The van der Waals surface area contributed by atoms with Crippen molar-refractivity contribution in [2.24, 2.45) is 0 Å². The van der Waals surface area contributed by atoms with Gasteiger partial charge in [0.15, 0.2) is 5.11 Å². The van der Waals surface area contributed by atoms with Crippen LogP contribution in [0.1, 0.15) is 29.0 Å². The summed E-state index contributed by atoms with van der Waals surface area (Å²) in [6.45, 7) is 2.90. The topological polar surface area (TPSA) is 51.6 Å². The third-order valence-electron chi connectivity index (χ3n) is 6.34. The first kappa shape index (κ1) is 25.5. The lowest BCUT2D eigenvalue weighted by Gasteiger charge is -2.29. The van der Waals surface area contributed by atoms with Gasteiger partial charge in [-0.05, 0) is 85.4 Å². The van der Waals surface area contributed by atoms with E-state index in [9.17, 15) is 0 Å². The van der Waals surface area contributed by atoms with E-state index >= 15 is 0 Å². The van der Waals surface area contributed by atoms with Gasteiger partial charge in [0.25, 0.3) is 0 Å². The van der Waals surface area contributed by atoms with E-state index in [1.54, 1.807) is 13.3 Å². The Labute approximate surface area is 231 Å². The lowest BCUT2D eigenvalue weighted by Crippen LogP contribution is -2.30. The standard InChI is InChI=1S/C28H26Cl2N4O2S/c1-18-16-19(8-10-21(18)29)33-13-5-7-24(33)27-26(23-6-3-4-12-31-23)32-28(37)34(27)20-9-11-25(22(30)17-20)36-15-14-35-2/h3-13,16-17,26-27H,14-15H2,1-2H3,(H,32,37)/t26-,27+/m1/s1.